The fraction of sp³-hybridized carbons (Fsp3) is 0.116. The van der Waals surface area contributed by atoms with Gasteiger partial charge in [0.15, 0.2) is 15.4 Å². The van der Waals surface area contributed by atoms with E-state index in [1.165, 1.54) is 34.0 Å². The van der Waals surface area contributed by atoms with Gasteiger partial charge in [-0.15, -0.1) is 34.0 Å². The summed E-state index contributed by atoms with van der Waals surface area (Å²) in [5.41, 5.74) is 15.5. The molecule has 0 aliphatic carbocycles. The summed E-state index contributed by atoms with van der Waals surface area (Å²) in [6, 6.07) is 43.2. The van der Waals surface area contributed by atoms with Gasteiger partial charge in [-0.05, 0) is 179 Å². The van der Waals surface area contributed by atoms with Gasteiger partial charge in [0, 0.05) is 80.0 Å². The number of thiazole rings is 3. The lowest BCUT2D eigenvalue weighted by Crippen LogP contribution is -2.11. The van der Waals surface area contributed by atoms with Gasteiger partial charge in [0.2, 0.25) is 5.88 Å². The second-order valence-electron chi connectivity index (χ2n) is 20.4. The lowest BCUT2D eigenvalue weighted by atomic mass is 10.0. The summed E-state index contributed by atoms with van der Waals surface area (Å²) in [5, 5.41) is 16.1. The Morgan fingerprint density at radius 3 is 1.12 bits per heavy atom. The molecule has 6 aromatic heterocycles. The number of hydrogen-bond donors (Lipinski definition) is 3. The third-order valence-electron chi connectivity index (χ3n) is 13.4. The van der Waals surface area contributed by atoms with E-state index in [1.54, 1.807) is 73.6 Å². The first kappa shape index (κ1) is 61.4. The first-order valence-electron chi connectivity index (χ1n) is 27.9. The van der Waals surface area contributed by atoms with E-state index in [0.717, 1.165) is 84.2 Å². The Kier molecular flexibility index (Phi) is 19.8. The molecule has 0 spiro atoms. The summed E-state index contributed by atoms with van der Waals surface area (Å²) in [4.78, 5) is 71.7. The second kappa shape index (κ2) is 28.7. The minimum atomic E-state index is -0.174. The van der Waals surface area contributed by atoms with E-state index in [4.69, 9.17) is 14.2 Å². The Hall–Kier alpha value is -10.7. The average molecular weight is 1230 g/mol. The molecule has 0 unspecified atom stereocenters. The zero-order chi connectivity index (χ0) is 62.4. The maximum Gasteiger partial charge on any atom is 0.321 e. The van der Waals surface area contributed by atoms with E-state index in [0.29, 0.717) is 61.2 Å². The molecule has 0 aliphatic heterocycles. The number of benzene rings is 6. The second-order valence-corrected chi connectivity index (χ2v) is 23.0. The molecule has 0 atom stereocenters. The minimum Gasteiger partial charge on any atom is -0.456 e. The van der Waals surface area contributed by atoms with Crippen molar-refractivity contribution in [3.05, 3.63) is 254 Å². The number of carbonyl (C=O) groups is 3. The van der Waals surface area contributed by atoms with Gasteiger partial charge in [-0.2, -0.15) is 0 Å². The molecule has 0 saturated carbocycles. The lowest BCUT2D eigenvalue weighted by Gasteiger charge is -2.12. The Labute approximate surface area is 526 Å². The van der Waals surface area contributed by atoms with Crippen molar-refractivity contribution in [3.63, 3.8) is 0 Å². The largest absolute Gasteiger partial charge is 0.456 e. The molecule has 0 fully saturated rings. The van der Waals surface area contributed by atoms with E-state index in [1.807, 2.05) is 175 Å². The molecule has 0 aliphatic rings. The Balaban J connectivity index is 0.000000147. The first-order chi connectivity index (χ1) is 43.1. The van der Waals surface area contributed by atoms with E-state index in [9.17, 15) is 14.4 Å². The maximum absolute atomic E-state index is 12.4. The van der Waals surface area contributed by atoms with Crippen LogP contribution in [0.3, 0.4) is 0 Å². The molecular formula is C69H59N11O6S3. The highest BCUT2D eigenvalue weighted by Gasteiger charge is 2.19. The monoisotopic (exact) mass is 1230 g/mol. The maximum atomic E-state index is 12.4. The third-order valence-corrected chi connectivity index (χ3v) is 15.7. The number of nitrogens with one attached hydrogen (secondary N) is 3. The van der Waals surface area contributed by atoms with Gasteiger partial charge in [-0.25, -0.2) is 29.9 Å². The van der Waals surface area contributed by atoms with Crippen molar-refractivity contribution in [2.45, 2.75) is 55.4 Å². The number of anilines is 3. The Morgan fingerprint density at radius 1 is 0.382 bits per heavy atom. The van der Waals surface area contributed by atoms with Gasteiger partial charge in [0.05, 0.1) is 29.5 Å². The van der Waals surface area contributed by atoms with E-state index in [2.05, 4.69) is 55.8 Å². The van der Waals surface area contributed by atoms with Crippen LogP contribution in [0, 0.1) is 55.4 Å². The first-order valence-corrected chi connectivity index (χ1v) is 30.5. The van der Waals surface area contributed by atoms with Crippen LogP contribution in [-0.4, -0.2) is 57.6 Å². The number of ether oxygens (including phenoxy) is 3. The molecule has 12 aromatic rings. The van der Waals surface area contributed by atoms with Crippen LogP contribution in [0.4, 0.5) is 15.4 Å². The molecule has 3 N–H and O–H groups in total. The number of aromatic nitrogens is 8. The number of hydrogen-bond acceptors (Lipinski definition) is 17. The Morgan fingerprint density at radius 2 is 0.764 bits per heavy atom. The molecule has 3 amide bonds. The summed E-state index contributed by atoms with van der Waals surface area (Å²) in [7, 11) is 0. The summed E-state index contributed by atoms with van der Waals surface area (Å²) in [5.74, 6) is 2.75. The van der Waals surface area contributed by atoms with Crippen molar-refractivity contribution < 1.29 is 28.6 Å². The normalized spacial score (nSPS) is 10.6. The molecule has 0 saturated heterocycles. The van der Waals surface area contributed by atoms with Crippen LogP contribution in [0.2, 0.25) is 0 Å². The highest BCUT2D eigenvalue weighted by Crippen LogP contribution is 2.38. The lowest BCUT2D eigenvalue weighted by molar-refractivity contribution is 0.101. The molecule has 17 nitrogen and oxygen atoms in total. The van der Waals surface area contributed by atoms with Crippen molar-refractivity contribution in [2.75, 3.05) is 16.0 Å². The predicted octanol–water partition coefficient (Wildman–Crippen LogP) is 17.0. The van der Waals surface area contributed by atoms with Crippen LogP contribution in [0.15, 0.2) is 193 Å². The number of rotatable bonds is 15. The number of amides is 3. The van der Waals surface area contributed by atoms with Crippen molar-refractivity contribution >= 4 is 67.1 Å². The fourth-order valence-electron chi connectivity index (χ4n) is 9.42. The Bertz CT molecular complexity index is 4150. The number of aryl methyl sites for hydroxylation is 8. The summed E-state index contributed by atoms with van der Waals surface area (Å²) in [6.45, 7) is 16.0. The summed E-state index contributed by atoms with van der Waals surface area (Å²) in [6.07, 6.45) is 9.91. The number of carbonyl (C=O) groups excluding carboxylic acids is 3. The zero-order valence-electron chi connectivity index (χ0n) is 49.7. The SMILES string of the molecule is Cc1cc(Oc2cnccn2)cc(C)c1-c1csc(NC(=O)c2ccccc2)n1.Cc1ccc(Oc2cc(C)c(-c3csc(NC(=O)c4ccccc4)n3)c(C)c2)cn1.Cc1cnc(Oc2cc(C)c(-c3csc(NC(=O)c4ccccc4)n3)c(C)c2)nc1. The van der Waals surface area contributed by atoms with Crippen LogP contribution < -0.4 is 30.2 Å². The zero-order valence-corrected chi connectivity index (χ0v) is 52.2. The minimum absolute atomic E-state index is 0.166. The molecule has 6 aromatic carbocycles. The van der Waals surface area contributed by atoms with Crippen molar-refractivity contribution in [1.82, 2.24) is 39.9 Å². The van der Waals surface area contributed by atoms with Crippen LogP contribution >= 0.6 is 34.0 Å². The van der Waals surface area contributed by atoms with Crippen molar-refractivity contribution in [2.24, 2.45) is 0 Å². The molecule has 0 radical (unpaired) electrons. The van der Waals surface area contributed by atoms with Gasteiger partial charge < -0.3 is 14.2 Å². The van der Waals surface area contributed by atoms with Gasteiger partial charge in [-0.3, -0.25) is 40.3 Å². The quantitative estimate of drug-likeness (QED) is 0.0870. The van der Waals surface area contributed by atoms with Gasteiger partial charge in [0.1, 0.15) is 23.0 Å². The molecule has 6 heterocycles. The van der Waals surface area contributed by atoms with Crippen LogP contribution in [0.1, 0.15) is 75.7 Å². The van der Waals surface area contributed by atoms with E-state index < -0.39 is 0 Å². The predicted molar refractivity (Wildman–Crippen MR) is 352 cm³/mol. The topological polar surface area (TPSA) is 218 Å². The molecule has 89 heavy (non-hydrogen) atoms. The molecule has 0 bridgehead atoms. The number of pyridine rings is 1. The van der Waals surface area contributed by atoms with Gasteiger partial charge in [0.25, 0.3) is 17.7 Å². The molecular weight excluding hydrogens is 1180 g/mol. The van der Waals surface area contributed by atoms with Crippen LogP contribution in [0.5, 0.6) is 34.9 Å². The highest BCUT2D eigenvalue weighted by atomic mass is 32.1. The van der Waals surface area contributed by atoms with Crippen LogP contribution in [-0.2, 0) is 0 Å². The number of nitrogens with zero attached hydrogens (tertiary/aromatic N) is 8. The third kappa shape index (κ3) is 16.2. The van der Waals surface area contributed by atoms with Crippen molar-refractivity contribution in [1.29, 1.82) is 0 Å². The fourth-order valence-corrected chi connectivity index (χ4v) is 11.5. The van der Waals surface area contributed by atoms with Crippen molar-refractivity contribution in [3.8, 4) is 68.7 Å². The molecule has 20 heteroatoms. The van der Waals surface area contributed by atoms with Gasteiger partial charge >= 0.3 is 6.01 Å². The summed E-state index contributed by atoms with van der Waals surface area (Å²) < 4.78 is 17.5. The standard InChI is InChI=1S/C24H21N3O2S.C23H20N4O2S.C22H18N4O2S/c1-15-11-20(29-19-10-9-17(3)25-13-19)12-16(2)22(15)21-14-30-24(26-21)27-23(28)18-7-5-4-6-8-18;1-14-11-24-22(25-12-14)29-18-9-15(2)20(16(3)10-18)19-13-30-23(26-19)27-21(28)17-7-5-4-6-8-17;1-14-10-17(28-19-12-23-8-9-24-19)11-15(2)20(14)18-13-29-22(25-18)26-21(27)16-6-4-3-5-7-16/h4-14H,1-3H3,(H,26,27,28);4-13H,1-3H3,(H,26,27,28);3-13H,1-2H3,(H,25,26,27). The summed E-state index contributed by atoms with van der Waals surface area (Å²) >= 11 is 4.21. The van der Waals surface area contributed by atoms with E-state index >= 15 is 0 Å². The highest BCUT2D eigenvalue weighted by molar-refractivity contribution is 7.14. The van der Waals surface area contributed by atoms with Gasteiger partial charge in [-0.1, -0.05) is 54.6 Å². The molecule has 12 rings (SSSR count). The van der Waals surface area contributed by atoms with Crippen LogP contribution in [0.25, 0.3) is 33.8 Å². The van der Waals surface area contributed by atoms with E-state index in [-0.39, 0.29) is 17.7 Å². The average Bonchev–Trinajstić information content (AvgIpc) is 3.27. The smallest absolute Gasteiger partial charge is 0.321 e. The molecule has 444 valence electrons.